The zero-order chi connectivity index (χ0) is 14.9. The van der Waals surface area contributed by atoms with Crippen molar-refractivity contribution in [1.82, 2.24) is 4.57 Å². The number of nitrogens with two attached hydrogens (primary N) is 1. The number of rotatable bonds is 4. The van der Waals surface area contributed by atoms with Crippen molar-refractivity contribution < 1.29 is 19.4 Å². The summed E-state index contributed by atoms with van der Waals surface area (Å²) in [5.74, 6) is -0.573. The van der Waals surface area contributed by atoms with Crippen LogP contribution in [0, 0.1) is 0 Å². The van der Waals surface area contributed by atoms with Crippen molar-refractivity contribution in [3.05, 3.63) is 30.0 Å². The van der Waals surface area contributed by atoms with Crippen LogP contribution < -0.4 is 10.5 Å². The maximum absolute atomic E-state index is 11.6. The van der Waals surface area contributed by atoms with Crippen LogP contribution in [0.4, 0.5) is 0 Å². The molecule has 1 heterocycles. The van der Waals surface area contributed by atoms with Gasteiger partial charge in [-0.2, -0.15) is 0 Å². The summed E-state index contributed by atoms with van der Waals surface area (Å²) in [7, 11) is 1.55. The third kappa shape index (κ3) is 2.50. The second kappa shape index (κ2) is 5.34. The van der Waals surface area contributed by atoms with Crippen LogP contribution in [0.1, 0.15) is 17.3 Å². The Bertz CT molecular complexity index is 675. The number of hydrogen-bond acceptors (Lipinski definition) is 4. The summed E-state index contributed by atoms with van der Waals surface area (Å²) in [5, 5.41) is 9.68. The van der Waals surface area contributed by atoms with E-state index in [2.05, 4.69) is 0 Å². The zero-order valence-electron chi connectivity index (χ0n) is 11.3. The highest BCUT2D eigenvalue weighted by Gasteiger charge is 2.18. The number of hydrogen-bond donors (Lipinski definition) is 2. The largest absolute Gasteiger partial charge is 0.497 e. The fourth-order valence-corrected chi connectivity index (χ4v) is 2.15. The second-order valence-electron chi connectivity index (χ2n) is 4.58. The first-order valence-corrected chi connectivity index (χ1v) is 6.11. The van der Waals surface area contributed by atoms with Crippen molar-refractivity contribution in [1.29, 1.82) is 0 Å². The number of nitrogens with zero attached hydrogens (tertiary/aromatic N) is 1. The topological polar surface area (TPSA) is 94.5 Å². The second-order valence-corrected chi connectivity index (χ2v) is 4.58. The summed E-state index contributed by atoms with van der Waals surface area (Å²) in [6.45, 7) is 1.45. The number of benzene rings is 1. The van der Waals surface area contributed by atoms with Crippen molar-refractivity contribution >= 4 is 22.8 Å². The van der Waals surface area contributed by atoms with Gasteiger partial charge >= 0.3 is 5.97 Å². The van der Waals surface area contributed by atoms with Gasteiger partial charge in [-0.1, -0.05) is 0 Å². The number of ether oxygens (including phenoxy) is 1. The first-order valence-electron chi connectivity index (χ1n) is 6.11. The highest BCUT2D eigenvalue weighted by Crippen LogP contribution is 2.26. The van der Waals surface area contributed by atoms with E-state index in [-0.39, 0.29) is 12.3 Å². The molecule has 0 radical (unpaired) electrons. The molecule has 0 bridgehead atoms. The van der Waals surface area contributed by atoms with E-state index in [0.29, 0.717) is 16.8 Å². The molecule has 2 aromatic rings. The standard InChI is InChI=1S/C14H16N2O4/c1-8(17)16-7-9(5-12(15)14(18)19)11-6-10(20-2)3-4-13(11)16/h3-4,6-7,12H,5,15H2,1-2H3,(H,18,19). The fourth-order valence-electron chi connectivity index (χ4n) is 2.15. The molecule has 0 aliphatic carbocycles. The molecule has 106 valence electrons. The molecular formula is C14H16N2O4. The number of methoxy groups -OCH3 is 1. The SMILES string of the molecule is COc1ccc2c(c1)c(CC(N)C(=O)O)cn2C(C)=O. The van der Waals surface area contributed by atoms with Crippen LogP contribution in [0.3, 0.4) is 0 Å². The van der Waals surface area contributed by atoms with Crippen molar-refractivity contribution in [3.8, 4) is 5.75 Å². The summed E-state index contributed by atoms with van der Waals surface area (Å²) < 4.78 is 6.64. The molecule has 0 aliphatic heterocycles. The Hall–Kier alpha value is -2.34. The number of fused-ring (bicyclic) bond motifs is 1. The summed E-state index contributed by atoms with van der Waals surface area (Å²) in [5.41, 5.74) is 7.00. The van der Waals surface area contributed by atoms with E-state index in [1.165, 1.54) is 11.5 Å². The van der Waals surface area contributed by atoms with Gasteiger partial charge in [0.25, 0.3) is 0 Å². The third-order valence-corrected chi connectivity index (χ3v) is 3.19. The number of aromatic nitrogens is 1. The minimum absolute atomic E-state index is 0.143. The van der Waals surface area contributed by atoms with Gasteiger partial charge in [0.05, 0.1) is 12.6 Å². The van der Waals surface area contributed by atoms with Crippen molar-refractivity contribution in [2.24, 2.45) is 5.73 Å². The molecule has 0 saturated heterocycles. The van der Waals surface area contributed by atoms with Gasteiger partial charge in [-0.25, -0.2) is 0 Å². The van der Waals surface area contributed by atoms with Crippen molar-refractivity contribution in [2.45, 2.75) is 19.4 Å². The van der Waals surface area contributed by atoms with Gasteiger partial charge in [0.1, 0.15) is 11.8 Å². The number of carboxylic acids is 1. The molecular weight excluding hydrogens is 260 g/mol. The zero-order valence-corrected chi connectivity index (χ0v) is 11.3. The van der Waals surface area contributed by atoms with Crippen molar-refractivity contribution in [2.75, 3.05) is 7.11 Å². The van der Waals surface area contributed by atoms with Gasteiger partial charge in [-0.05, 0) is 23.8 Å². The van der Waals surface area contributed by atoms with E-state index in [4.69, 9.17) is 15.6 Å². The lowest BCUT2D eigenvalue weighted by molar-refractivity contribution is -0.138. The van der Waals surface area contributed by atoms with E-state index in [9.17, 15) is 9.59 Å². The number of carboxylic acid groups (broad SMARTS) is 1. The monoisotopic (exact) mass is 276 g/mol. The molecule has 6 heteroatoms. The lowest BCUT2D eigenvalue weighted by Gasteiger charge is -2.05. The van der Waals surface area contributed by atoms with E-state index >= 15 is 0 Å². The van der Waals surface area contributed by atoms with Gasteiger partial charge in [0.15, 0.2) is 0 Å². The molecule has 0 saturated carbocycles. The number of carbonyl (C=O) groups is 2. The summed E-state index contributed by atoms with van der Waals surface area (Å²) in [4.78, 5) is 22.5. The fraction of sp³-hybridized carbons (Fsp3) is 0.286. The van der Waals surface area contributed by atoms with E-state index in [1.807, 2.05) is 0 Å². The minimum atomic E-state index is -1.07. The molecule has 20 heavy (non-hydrogen) atoms. The van der Waals surface area contributed by atoms with Crippen molar-refractivity contribution in [3.63, 3.8) is 0 Å². The van der Waals surface area contributed by atoms with Crippen LogP contribution in [0.5, 0.6) is 5.75 Å². The predicted octanol–water partition coefficient (Wildman–Crippen LogP) is 1.26. The van der Waals surface area contributed by atoms with Crippen LogP contribution >= 0.6 is 0 Å². The molecule has 2 rings (SSSR count). The molecule has 1 unspecified atom stereocenters. The highest BCUT2D eigenvalue weighted by atomic mass is 16.5. The predicted molar refractivity (Wildman–Crippen MR) is 74.1 cm³/mol. The van der Waals surface area contributed by atoms with E-state index in [0.717, 1.165) is 5.39 Å². The molecule has 1 aromatic heterocycles. The molecule has 0 spiro atoms. The maximum atomic E-state index is 11.6. The Balaban J connectivity index is 2.57. The average Bonchev–Trinajstić information content (AvgIpc) is 2.76. The van der Waals surface area contributed by atoms with Crippen LogP contribution in [0.25, 0.3) is 10.9 Å². The molecule has 3 N–H and O–H groups in total. The minimum Gasteiger partial charge on any atom is -0.497 e. The first kappa shape index (κ1) is 14.1. The van der Waals surface area contributed by atoms with Gasteiger partial charge in [-0.15, -0.1) is 0 Å². The molecule has 0 amide bonds. The summed E-state index contributed by atoms with van der Waals surface area (Å²) in [6, 6.07) is 4.29. The maximum Gasteiger partial charge on any atom is 0.320 e. The molecule has 1 atom stereocenters. The lowest BCUT2D eigenvalue weighted by atomic mass is 10.1. The Morgan fingerprint density at radius 3 is 2.70 bits per heavy atom. The van der Waals surface area contributed by atoms with E-state index < -0.39 is 12.0 Å². The van der Waals surface area contributed by atoms with Crippen LogP contribution in [-0.4, -0.2) is 34.7 Å². The molecule has 0 aliphatic rings. The summed E-state index contributed by atoms with van der Waals surface area (Å²) >= 11 is 0. The van der Waals surface area contributed by atoms with E-state index in [1.54, 1.807) is 31.5 Å². The van der Waals surface area contributed by atoms with Crippen LogP contribution in [0.2, 0.25) is 0 Å². The third-order valence-electron chi connectivity index (χ3n) is 3.19. The Labute approximate surface area is 115 Å². The average molecular weight is 276 g/mol. The van der Waals surface area contributed by atoms with Crippen LogP contribution in [0.15, 0.2) is 24.4 Å². The highest BCUT2D eigenvalue weighted by molar-refractivity contribution is 5.94. The summed E-state index contributed by atoms with van der Waals surface area (Å²) in [6.07, 6.45) is 1.79. The number of aliphatic carboxylic acids is 1. The first-order chi connectivity index (χ1) is 9.43. The van der Waals surface area contributed by atoms with Gasteiger partial charge < -0.3 is 15.6 Å². The van der Waals surface area contributed by atoms with Gasteiger partial charge in [0, 0.05) is 24.9 Å². The Kier molecular flexibility index (Phi) is 3.76. The Morgan fingerprint density at radius 2 is 2.15 bits per heavy atom. The smallest absolute Gasteiger partial charge is 0.320 e. The molecule has 6 nitrogen and oxygen atoms in total. The van der Waals surface area contributed by atoms with Gasteiger partial charge in [-0.3, -0.25) is 14.2 Å². The van der Waals surface area contributed by atoms with Crippen LogP contribution in [-0.2, 0) is 11.2 Å². The quantitative estimate of drug-likeness (QED) is 0.876. The molecule has 0 fully saturated rings. The lowest BCUT2D eigenvalue weighted by Crippen LogP contribution is -2.32. The Morgan fingerprint density at radius 1 is 1.45 bits per heavy atom. The molecule has 1 aromatic carbocycles. The van der Waals surface area contributed by atoms with Gasteiger partial charge in [0.2, 0.25) is 5.91 Å². The number of carbonyl (C=O) groups excluding carboxylic acids is 1. The normalized spacial score (nSPS) is 12.3.